The summed E-state index contributed by atoms with van der Waals surface area (Å²) in [4.78, 5) is 0. The van der Waals surface area contributed by atoms with Gasteiger partial charge < -0.3 is 20.7 Å². The zero-order valence-electron chi connectivity index (χ0n) is 8.00. The molecule has 0 bridgehead atoms. The van der Waals surface area contributed by atoms with E-state index in [1.54, 1.807) is 0 Å². The maximum atomic E-state index is 13.3. The zero-order valence-corrected chi connectivity index (χ0v) is 8.75. The van der Waals surface area contributed by atoms with Gasteiger partial charge in [-0.2, -0.15) is 0 Å². The maximum Gasteiger partial charge on any atom is 0.176 e. The van der Waals surface area contributed by atoms with E-state index in [4.69, 9.17) is 22.4 Å². The summed E-state index contributed by atoms with van der Waals surface area (Å²) in [6, 6.07) is 0.101. The number of hydrogen-bond acceptors (Lipinski definition) is 4. The van der Waals surface area contributed by atoms with E-state index in [9.17, 15) is 9.50 Å². The highest BCUT2D eigenvalue weighted by molar-refractivity contribution is 6.33. The van der Waals surface area contributed by atoms with Gasteiger partial charge in [0.15, 0.2) is 11.6 Å². The summed E-state index contributed by atoms with van der Waals surface area (Å²) in [6.45, 7) is -0.421. The van der Waals surface area contributed by atoms with Gasteiger partial charge in [0, 0.05) is 5.56 Å². The second-order valence-corrected chi connectivity index (χ2v) is 3.31. The van der Waals surface area contributed by atoms with Gasteiger partial charge in [-0.1, -0.05) is 11.6 Å². The number of aliphatic hydroxyl groups excluding tert-OH is 1. The molecule has 0 aliphatic rings. The number of halogens is 2. The van der Waals surface area contributed by atoms with Crippen molar-refractivity contribution in [1.29, 1.82) is 0 Å². The van der Waals surface area contributed by atoms with Gasteiger partial charge in [-0.15, -0.1) is 0 Å². The standard InChI is InChI=1S/C9H11ClFNO3/c1-15-9-5(11)2-4(6(12)3-13)8(14)7(9)10/h2,6,13-14H,3,12H2,1H3. The van der Waals surface area contributed by atoms with Crippen LogP contribution in [0.5, 0.6) is 11.5 Å². The van der Waals surface area contributed by atoms with Gasteiger partial charge in [-0.3, -0.25) is 0 Å². The Bertz CT molecular complexity index is 373. The van der Waals surface area contributed by atoms with Gasteiger partial charge in [-0.05, 0) is 6.07 Å². The smallest absolute Gasteiger partial charge is 0.176 e. The molecule has 4 nitrogen and oxygen atoms in total. The van der Waals surface area contributed by atoms with Crippen LogP contribution < -0.4 is 10.5 Å². The molecule has 6 heteroatoms. The Balaban J connectivity index is 3.33. The molecule has 1 atom stereocenters. The van der Waals surface area contributed by atoms with E-state index in [0.29, 0.717) is 0 Å². The fourth-order valence-electron chi connectivity index (χ4n) is 1.18. The number of hydrogen-bond donors (Lipinski definition) is 3. The van der Waals surface area contributed by atoms with Crippen molar-refractivity contribution in [3.05, 3.63) is 22.5 Å². The van der Waals surface area contributed by atoms with Gasteiger partial charge in [0.2, 0.25) is 0 Å². The van der Waals surface area contributed by atoms with Gasteiger partial charge in [0.1, 0.15) is 10.8 Å². The molecule has 0 aliphatic heterocycles. The summed E-state index contributed by atoms with van der Waals surface area (Å²) in [5.41, 5.74) is 5.49. The Hall–Kier alpha value is -1.04. The normalized spacial score (nSPS) is 12.6. The lowest BCUT2D eigenvalue weighted by Crippen LogP contribution is -2.15. The third-order valence-electron chi connectivity index (χ3n) is 1.98. The molecule has 0 aliphatic carbocycles. The Morgan fingerprint density at radius 3 is 2.73 bits per heavy atom. The van der Waals surface area contributed by atoms with Crippen LogP contribution in [0, 0.1) is 5.82 Å². The molecule has 1 aromatic rings. The average molecular weight is 236 g/mol. The topological polar surface area (TPSA) is 75.7 Å². The molecule has 84 valence electrons. The number of phenols is 1. The van der Waals surface area contributed by atoms with E-state index in [-0.39, 0.29) is 22.1 Å². The summed E-state index contributed by atoms with van der Waals surface area (Å²) in [5, 5.41) is 18.1. The van der Waals surface area contributed by atoms with Crippen LogP contribution in [-0.2, 0) is 0 Å². The molecular weight excluding hydrogens is 225 g/mol. The summed E-state index contributed by atoms with van der Waals surface area (Å²) in [7, 11) is 1.23. The quantitative estimate of drug-likeness (QED) is 0.736. The summed E-state index contributed by atoms with van der Waals surface area (Å²) < 4.78 is 18.0. The van der Waals surface area contributed by atoms with Crippen molar-refractivity contribution in [1.82, 2.24) is 0 Å². The summed E-state index contributed by atoms with van der Waals surface area (Å²) in [5.74, 6) is -1.36. The minimum Gasteiger partial charge on any atom is -0.506 e. The van der Waals surface area contributed by atoms with Crippen molar-refractivity contribution in [2.75, 3.05) is 13.7 Å². The number of rotatable bonds is 3. The van der Waals surface area contributed by atoms with Crippen LogP contribution in [-0.4, -0.2) is 23.9 Å². The van der Waals surface area contributed by atoms with Crippen molar-refractivity contribution in [2.24, 2.45) is 5.73 Å². The van der Waals surface area contributed by atoms with Crippen LogP contribution in [0.2, 0.25) is 5.02 Å². The van der Waals surface area contributed by atoms with Gasteiger partial charge >= 0.3 is 0 Å². The highest BCUT2D eigenvalue weighted by Gasteiger charge is 2.20. The van der Waals surface area contributed by atoms with Crippen molar-refractivity contribution in [2.45, 2.75) is 6.04 Å². The fourth-order valence-corrected chi connectivity index (χ4v) is 1.45. The minimum absolute atomic E-state index is 0.0424. The molecule has 0 aromatic heterocycles. The highest BCUT2D eigenvalue weighted by Crippen LogP contribution is 2.40. The number of methoxy groups -OCH3 is 1. The van der Waals surface area contributed by atoms with Crippen LogP contribution in [0.4, 0.5) is 4.39 Å². The molecule has 15 heavy (non-hydrogen) atoms. The van der Waals surface area contributed by atoms with Crippen molar-refractivity contribution in [3.8, 4) is 11.5 Å². The summed E-state index contributed by atoms with van der Waals surface area (Å²) >= 11 is 5.65. The molecule has 0 fully saturated rings. The lowest BCUT2D eigenvalue weighted by molar-refractivity contribution is 0.264. The number of aliphatic hydroxyl groups is 1. The largest absolute Gasteiger partial charge is 0.506 e. The average Bonchev–Trinajstić information content (AvgIpc) is 2.23. The molecular formula is C9H11ClFNO3. The van der Waals surface area contributed by atoms with Crippen molar-refractivity contribution >= 4 is 11.6 Å². The Labute approximate surface area is 91.0 Å². The second kappa shape index (κ2) is 4.65. The highest BCUT2D eigenvalue weighted by atomic mass is 35.5. The number of nitrogens with two attached hydrogens (primary N) is 1. The first-order valence-electron chi connectivity index (χ1n) is 4.14. The van der Waals surface area contributed by atoms with E-state index in [0.717, 1.165) is 6.07 Å². The first kappa shape index (κ1) is 12.0. The molecule has 0 amide bonds. The molecule has 1 unspecified atom stereocenters. The third kappa shape index (κ3) is 2.14. The molecule has 1 aromatic carbocycles. The van der Waals surface area contributed by atoms with Crippen molar-refractivity contribution in [3.63, 3.8) is 0 Å². The number of ether oxygens (including phenoxy) is 1. The SMILES string of the molecule is COc1c(F)cc(C(N)CO)c(O)c1Cl. The molecule has 0 heterocycles. The van der Waals surface area contributed by atoms with E-state index in [1.165, 1.54) is 7.11 Å². The molecule has 0 radical (unpaired) electrons. The van der Waals surface area contributed by atoms with Crippen molar-refractivity contribution < 1.29 is 19.3 Å². The predicted octanol–water partition coefficient (Wildman–Crippen LogP) is 1.19. The van der Waals surface area contributed by atoms with Crippen LogP contribution in [0.25, 0.3) is 0 Å². The maximum absolute atomic E-state index is 13.3. The number of phenolic OH excluding ortho intramolecular Hbond substituents is 1. The first-order valence-corrected chi connectivity index (χ1v) is 4.52. The van der Waals surface area contributed by atoms with E-state index in [1.807, 2.05) is 0 Å². The van der Waals surface area contributed by atoms with E-state index < -0.39 is 18.5 Å². The van der Waals surface area contributed by atoms with Gasteiger partial charge in [0.05, 0.1) is 19.8 Å². The Morgan fingerprint density at radius 1 is 1.67 bits per heavy atom. The summed E-state index contributed by atoms with van der Waals surface area (Å²) in [6.07, 6.45) is 0. The first-order chi connectivity index (χ1) is 7.02. The van der Waals surface area contributed by atoms with E-state index in [2.05, 4.69) is 4.74 Å². The molecule has 4 N–H and O–H groups in total. The zero-order chi connectivity index (χ0) is 11.6. The molecule has 0 saturated heterocycles. The predicted molar refractivity (Wildman–Crippen MR) is 53.6 cm³/mol. The molecule has 0 saturated carbocycles. The van der Waals surface area contributed by atoms with Gasteiger partial charge in [0.25, 0.3) is 0 Å². The number of benzene rings is 1. The minimum atomic E-state index is -0.886. The monoisotopic (exact) mass is 235 g/mol. The second-order valence-electron chi connectivity index (χ2n) is 2.93. The van der Waals surface area contributed by atoms with Crippen LogP contribution in [0.15, 0.2) is 6.07 Å². The van der Waals surface area contributed by atoms with Crippen LogP contribution in [0.1, 0.15) is 11.6 Å². The van der Waals surface area contributed by atoms with Crippen LogP contribution >= 0.6 is 11.6 Å². The third-order valence-corrected chi connectivity index (χ3v) is 2.33. The lowest BCUT2D eigenvalue weighted by atomic mass is 10.1. The van der Waals surface area contributed by atoms with E-state index >= 15 is 0 Å². The van der Waals surface area contributed by atoms with Crippen LogP contribution in [0.3, 0.4) is 0 Å². The number of aromatic hydroxyl groups is 1. The fraction of sp³-hybridized carbons (Fsp3) is 0.333. The molecule has 1 rings (SSSR count). The van der Waals surface area contributed by atoms with Gasteiger partial charge in [-0.25, -0.2) is 4.39 Å². The molecule has 0 spiro atoms. The lowest BCUT2D eigenvalue weighted by Gasteiger charge is -2.14. The Morgan fingerprint density at radius 2 is 2.27 bits per heavy atom. The Kier molecular flexibility index (Phi) is 3.73.